The molecule has 22 heavy (non-hydrogen) atoms. The minimum atomic E-state index is 0.423. The van der Waals surface area contributed by atoms with Crippen molar-refractivity contribution in [1.29, 1.82) is 0 Å². The summed E-state index contributed by atoms with van der Waals surface area (Å²) in [6, 6.07) is 0. The van der Waals surface area contributed by atoms with Gasteiger partial charge in [0, 0.05) is 52.4 Å². The molecular weight excluding hydrogens is 274 g/mol. The van der Waals surface area contributed by atoms with Gasteiger partial charge in [0.15, 0.2) is 5.96 Å². The van der Waals surface area contributed by atoms with E-state index in [1.165, 1.54) is 39.1 Å². The van der Waals surface area contributed by atoms with Gasteiger partial charge in [-0.15, -0.1) is 0 Å². The van der Waals surface area contributed by atoms with Gasteiger partial charge in [-0.25, -0.2) is 0 Å². The summed E-state index contributed by atoms with van der Waals surface area (Å²) in [5.74, 6) is 1.11. The summed E-state index contributed by atoms with van der Waals surface area (Å²) >= 11 is 0. The molecule has 0 spiro atoms. The van der Waals surface area contributed by atoms with E-state index in [2.05, 4.69) is 47.7 Å². The number of hydrogen-bond donors (Lipinski definition) is 1. The number of hydrogen-bond acceptors (Lipinski definition) is 3. The highest BCUT2D eigenvalue weighted by molar-refractivity contribution is 5.80. The van der Waals surface area contributed by atoms with Crippen LogP contribution < -0.4 is 5.32 Å². The third-order valence-electron chi connectivity index (χ3n) is 4.90. The van der Waals surface area contributed by atoms with Crippen LogP contribution in [0.3, 0.4) is 0 Å². The Bertz CT molecular complexity index is 358. The van der Waals surface area contributed by atoms with Crippen LogP contribution >= 0.6 is 0 Å². The van der Waals surface area contributed by atoms with E-state index in [1.807, 2.05) is 0 Å². The van der Waals surface area contributed by atoms with Crippen LogP contribution in [0.2, 0.25) is 0 Å². The van der Waals surface area contributed by atoms with Gasteiger partial charge in [0.05, 0.1) is 6.54 Å². The van der Waals surface area contributed by atoms with Crippen LogP contribution in [0.1, 0.15) is 34.1 Å². The van der Waals surface area contributed by atoms with E-state index >= 15 is 0 Å². The molecule has 0 unspecified atom stereocenters. The SMILES string of the molecule is CCNC(=NCCN1CCN(CC)CC1)N1CCC(C)(C)C1. The number of nitrogens with zero attached hydrogens (tertiary/aromatic N) is 4. The average Bonchev–Trinajstić information content (AvgIpc) is 2.87. The third kappa shape index (κ3) is 5.13. The van der Waals surface area contributed by atoms with Crippen molar-refractivity contribution < 1.29 is 0 Å². The predicted molar refractivity (Wildman–Crippen MR) is 94.5 cm³/mol. The van der Waals surface area contributed by atoms with E-state index in [1.54, 1.807) is 0 Å². The fraction of sp³-hybridized carbons (Fsp3) is 0.941. The van der Waals surface area contributed by atoms with E-state index in [0.29, 0.717) is 5.41 Å². The number of likely N-dealkylation sites (tertiary alicyclic amines) is 1. The monoisotopic (exact) mass is 309 g/mol. The highest BCUT2D eigenvalue weighted by Gasteiger charge is 2.30. The smallest absolute Gasteiger partial charge is 0.193 e. The van der Waals surface area contributed by atoms with E-state index in [-0.39, 0.29) is 0 Å². The van der Waals surface area contributed by atoms with Crippen molar-refractivity contribution in [2.45, 2.75) is 34.1 Å². The van der Waals surface area contributed by atoms with Crippen molar-refractivity contribution in [3.63, 3.8) is 0 Å². The minimum Gasteiger partial charge on any atom is -0.357 e. The predicted octanol–water partition coefficient (Wildman–Crippen LogP) is 1.32. The molecule has 0 saturated carbocycles. The van der Waals surface area contributed by atoms with E-state index in [4.69, 9.17) is 4.99 Å². The first-order chi connectivity index (χ1) is 10.5. The molecule has 2 saturated heterocycles. The van der Waals surface area contributed by atoms with Crippen LogP contribution in [0.4, 0.5) is 0 Å². The zero-order valence-corrected chi connectivity index (χ0v) is 15.1. The minimum absolute atomic E-state index is 0.423. The van der Waals surface area contributed by atoms with Crippen molar-refractivity contribution >= 4 is 5.96 Å². The molecule has 0 atom stereocenters. The van der Waals surface area contributed by atoms with Crippen molar-refractivity contribution in [2.75, 3.05) is 65.4 Å². The van der Waals surface area contributed by atoms with Crippen molar-refractivity contribution in [2.24, 2.45) is 10.4 Å². The highest BCUT2D eigenvalue weighted by Crippen LogP contribution is 2.28. The largest absolute Gasteiger partial charge is 0.357 e. The Labute approximate surface area is 136 Å². The van der Waals surface area contributed by atoms with Crippen LogP contribution in [-0.2, 0) is 0 Å². The van der Waals surface area contributed by atoms with Gasteiger partial charge in [-0.1, -0.05) is 20.8 Å². The Kier molecular flexibility index (Phi) is 6.50. The van der Waals surface area contributed by atoms with Gasteiger partial charge in [0.25, 0.3) is 0 Å². The number of rotatable bonds is 5. The first kappa shape index (κ1) is 17.5. The molecule has 0 aliphatic carbocycles. The molecule has 2 aliphatic rings. The molecule has 2 aliphatic heterocycles. The lowest BCUT2D eigenvalue weighted by molar-refractivity contribution is 0.140. The van der Waals surface area contributed by atoms with Gasteiger partial charge in [0.2, 0.25) is 0 Å². The lowest BCUT2D eigenvalue weighted by Gasteiger charge is -2.33. The molecule has 2 fully saturated rings. The number of aliphatic imine (C=N–C) groups is 1. The highest BCUT2D eigenvalue weighted by atomic mass is 15.3. The van der Waals surface area contributed by atoms with E-state index in [0.717, 1.165) is 38.7 Å². The van der Waals surface area contributed by atoms with Crippen LogP contribution in [-0.4, -0.2) is 86.1 Å². The Morgan fingerprint density at radius 3 is 2.27 bits per heavy atom. The number of piperazine rings is 1. The van der Waals surface area contributed by atoms with Crippen molar-refractivity contribution in [3.8, 4) is 0 Å². The van der Waals surface area contributed by atoms with Crippen molar-refractivity contribution in [3.05, 3.63) is 0 Å². The third-order valence-corrected chi connectivity index (χ3v) is 4.90. The molecule has 5 nitrogen and oxygen atoms in total. The summed E-state index contributed by atoms with van der Waals surface area (Å²) in [7, 11) is 0. The topological polar surface area (TPSA) is 34.1 Å². The summed E-state index contributed by atoms with van der Waals surface area (Å²) in [4.78, 5) is 12.4. The number of nitrogens with one attached hydrogen (secondary N) is 1. The summed E-state index contributed by atoms with van der Waals surface area (Å²) < 4.78 is 0. The molecule has 1 N–H and O–H groups in total. The second-order valence-corrected chi connectivity index (χ2v) is 7.35. The summed E-state index contributed by atoms with van der Waals surface area (Å²) in [6.45, 7) is 20.3. The maximum Gasteiger partial charge on any atom is 0.193 e. The lowest BCUT2D eigenvalue weighted by atomic mass is 9.93. The van der Waals surface area contributed by atoms with E-state index < -0.39 is 0 Å². The Morgan fingerprint density at radius 1 is 1.05 bits per heavy atom. The second kappa shape index (κ2) is 8.16. The molecule has 0 radical (unpaired) electrons. The molecule has 0 aromatic rings. The first-order valence-corrected chi connectivity index (χ1v) is 9.02. The molecule has 2 rings (SSSR count). The van der Waals surface area contributed by atoms with Gasteiger partial charge < -0.3 is 15.1 Å². The molecule has 0 aromatic heterocycles. The van der Waals surface area contributed by atoms with Gasteiger partial charge in [0.1, 0.15) is 0 Å². The van der Waals surface area contributed by atoms with Crippen LogP contribution in [0.15, 0.2) is 4.99 Å². The molecule has 128 valence electrons. The zero-order chi connectivity index (χ0) is 16.0. The van der Waals surface area contributed by atoms with Gasteiger partial charge in [-0.05, 0) is 25.3 Å². The normalized spacial score (nSPS) is 24.0. The molecule has 2 heterocycles. The van der Waals surface area contributed by atoms with Crippen LogP contribution in [0.25, 0.3) is 0 Å². The zero-order valence-electron chi connectivity index (χ0n) is 15.1. The van der Waals surface area contributed by atoms with Crippen LogP contribution in [0, 0.1) is 5.41 Å². The van der Waals surface area contributed by atoms with Crippen molar-refractivity contribution in [1.82, 2.24) is 20.0 Å². The molecule has 0 aromatic carbocycles. The first-order valence-electron chi connectivity index (χ1n) is 9.02. The van der Waals surface area contributed by atoms with E-state index in [9.17, 15) is 0 Å². The summed E-state index contributed by atoms with van der Waals surface area (Å²) in [5, 5.41) is 3.47. The molecule has 0 amide bonds. The van der Waals surface area contributed by atoms with Crippen LogP contribution in [0.5, 0.6) is 0 Å². The Balaban J connectivity index is 1.78. The quantitative estimate of drug-likeness (QED) is 0.613. The maximum atomic E-state index is 4.87. The Hall–Kier alpha value is -0.810. The van der Waals surface area contributed by atoms with Gasteiger partial charge >= 0.3 is 0 Å². The Morgan fingerprint density at radius 2 is 1.73 bits per heavy atom. The molecule has 5 heteroatoms. The number of guanidine groups is 1. The summed E-state index contributed by atoms with van der Waals surface area (Å²) in [5.41, 5.74) is 0.423. The maximum absolute atomic E-state index is 4.87. The second-order valence-electron chi connectivity index (χ2n) is 7.35. The molecule has 0 bridgehead atoms. The lowest BCUT2D eigenvalue weighted by Crippen LogP contribution is -2.47. The summed E-state index contributed by atoms with van der Waals surface area (Å²) in [6.07, 6.45) is 1.26. The van der Waals surface area contributed by atoms with Gasteiger partial charge in [-0.3, -0.25) is 9.89 Å². The molecular formula is C17H35N5. The average molecular weight is 310 g/mol. The standard InChI is InChI=1S/C17H35N5/c1-5-18-16(22-9-7-17(3,4)15-22)19-8-10-21-13-11-20(6-2)12-14-21/h5-15H2,1-4H3,(H,18,19). The number of likely N-dealkylation sites (N-methyl/N-ethyl adjacent to an activating group) is 1. The van der Waals surface area contributed by atoms with Gasteiger partial charge in [-0.2, -0.15) is 0 Å². The fourth-order valence-electron chi connectivity index (χ4n) is 3.35. The fourth-order valence-corrected chi connectivity index (χ4v) is 3.35.